The van der Waals surface area contributed by atoms with Crippen molar-refractivity contribution in [2.75, 3.05) is 11.4 Å². The summed E-state index contributed by atoms with van der Waals surface area (Å²) >= 11 is 0. The highest BCUT2D eigenvalue weighted by Gasteiger charge is 2.33. The van der Waals surface area contributed by atoms with E-state index in [0.29, 0.717) is 6.42 Å². The lowest BCUT2D eigenvalue weighted by atomic mass is 9.93. The monoisotopic (exact) mass is 263 g/mol. The van der Waals surface area contributed by atoms with Crippen LogP contribution in [-0.4, -0.2) is 29.8 Å². The predicted molar refractivity (Wildman–Crippen MR) is 70.2 cm³/mol. The number of aliphatic carboxylic acids is 1. The summed E-state index contributed by atoms with van der Waals surface area (Å²) in [5.41, 5.74) is 1.60. The number of carbonyl (C=O) groups excluding carboxylic acids is 1. The molecule has 1 heterocycles. The van der Waals surface area contributed by atoms with E-state index in [1.54, 1.807) is 13.8 Å². The average Bonchev–Trinajstić information content (AvgIpc) is 2.36. The molecule has 0 saturated carbocycles. The first-order valence-electron chi connectivity index (χ1n) is 6.28. The minimum Gasteiger partial charge on any atom is -0.481 e. The highest BCUT2D eigenvalue weighted by Crippen LogP contribution is 2.30. The van der Waals surface area contributed by atoms with Gasteiger partial charge in [-0.15, -0.1) is 0 Å². The summed E-state index contributed by atoms with van der Waals surface area (Å²) in [4.78, 5) is 24.6. The zero-order valence-electron chi connectivity index (χ0n) is 11.0. The zero-order chi connectivity index (χ0) is 14.0. The van der Waals surface area contributed by atoms with Crippen molar-refractivity contribution >= 4 is 17.7 Å². The van der Waals surface area contributed by atoms with Gasteiger partial charge in [0.05, 0.1) is 17.7 Å². The number of anilines is 1. The Morgan fingerprint density at radius 3 is 2.68 bits per heavy atom. The average molecular weight is 263 g/mol. The van der Waals surface area contributed by atoms with Gasteiger partial charge in [0, 0.05) is 6.54 Å². The molecule has 1 aliphatic heterocycles. The summed E-state index contributed by atoms with van der Waals surface area (Å²) in [5, 5.41) is 9.17. The van der Waals surface area contributed by atoms with Crippen LogP contribution in [0.25, 0.3) is 0 Å². The van der Waals surface area contributed by atoms with Gasteiger partial charge in [0.25, 0.3) is 0 Å². The van der Waals surface area contributed by atoms with Crippen LogP contribution in [0.2, 0.25) is 0 Å². The Balaban J connectivity index is 2.31. The fourth-order valence-electron chi connectivity index (χ4n) is 2.20. The second-order valence-corrected chi connectivity index (χ2v) is 4.91. The predicted octanol–water partition coefficient (Wildman–Crippen LogP) is 2.29. The number of carboxylic acid groups (broad SMARTS) is 1. The number of hydrogen-bond donors (Lipinski definition) is 1. The van der Waals surface area contributed by atoms with E-state index in [4.69, 9.17) is 9.84 Å². The number of fused-ring (bicyclic) bond motifs is 1. The van der Waals surface area contributed by atoms with Crippen molar-refractivity contribution in [2.24, 2.45) is 5.92 Å². The molecule has 0 bridgehead atoms. The maximum absolute atomic E-state index is 12.1. The van der Waals surface area contributed by atoms with Crippen LogP contribution in [0.1, 0.15) is 19.4 Å². The van der Waals surface area contributed by atoms with Gasteiger partial charge in [-0.05, 0) is 31.9 Å². The van der Waals surface area contributed by atoms with Crippen molar-refractivity contribution in [1.29, 1.82) is 0 Å². The van der Waals surface area contributed by atoms with Crippen LogP contribution >= 0.6 is 0 Å². The topological polar surface area (TPSA) is 66.8 Å². The first-order valence-corrected chi connectivity index (χ1v) is 6.28. The number of benzene rings is 1. The molecule has 0 radical (unpaired) electrons. The third-order valence-corrected chi connectivity index (χ3v) is 3.06. The van der Waals surface area contributed by atoms with Crippen LogP contribution in [0, 0.1) is 5.92 Å². The molecule has 19 heavy (non-hydrogen) atoms. The Labute approximate surface area is 111 Å². The molecule has 5 heteroatoms. The van der Waals surface area contributed by atoms with Gasteiger partial charge in [0.1, 0.15) is 0 Å². The van der Waals surface area contributed by atoms with Crippen LogP contribution in [-0.2, 0) is 16.0 Å². The van der Waals surface area contributed by atoms with Gasteiger partial charge >= 0.3 is 12.1 Å². The van der Waals surface area contributed by atoms with Crippen molar-refractivity contribution in [3.05, 3.63) is 29.8 Å². The lowest BCUT2D eigenvalue weighted by Gasteiger charge is -2.32. The van der Waals surface area contributed by atoms with Gasteiger partial charge in [0.15, 0.2) is 0 Å². The van der Waals surface area contributed by atoms with E-state index in [1.165, 1.54) is 4.90 Å². The van der Waals surface area contributed by atoms with Crippen molar-refractivity contribution in [3.63, 3.8) is 0 Å². The van der Waals surface area contributed by atoms with Crippen molar-refractivity contribution in [2.45, 2.75) is 26.4 Å². The van der Waals surface area contributed by atoms with Gasteiger partial charge in [-0.1, -0.05) is 18.2 Å². The summed E-state index contributed by atoms with van der Waals surface area (Å²) in [6.07, 6.45) is -0.282. The van der Waals surface area contributed by atoms with E-state index in [9.17, 15) is 9.59 Å². The molecule has 0 fully saturated rings. The standard InChI is InChI=1S/C14H17NO4/c1-9(2)19-14(18)15-8-11(13(16)17)7-10-5-3-4-6-12(10)15/h3-6,9,11H,7-8H2,1-2H3,(H,16,17). The van der Waals surface area contributed by atoms with E-state index < -0.39 is 18.0 Å². The summed E-state index contributed by atoms with van der Waals surface area (Å²) in [7, 11) is 0. The van der Waals surface area contributed by atoms with Crippen LogP contribution in [0.5, 0.6) is 0 Å². The molecule has 1 amide bonds. The molecule has 1 aromatic rings. The Hall–Kier alpha value is -2.04. The largest absolute Gasteiger partial charge is 0.481 e. The van der Waals surface area contributed by atoms with Crippen LogP contribution in [0.4, 0.5) is 10.5 Å². The number of ether oxygens (including phenoxy) is 1. The maximum Gasteiger partial charge on any atom is 0.414 e. The van der Waals surface area contributed by atoms with Gasteiger partial charge in [0.2, 0.25) is 0 Å². The number of para-hydroxylation sites is 1. The molecule has 0 spiro atoms. The Bertz CT molecular complexity index is 498. The van der Waals surface area contributed by atoms with Gasteiger partial charge in [-0.25, -0.2) is 4.79 Å². The quantitative estimate of drug-likeness (QED) is 0.889. The van der Waals surface area contributed by atoms with Crippen LogP contribution in [0.15, 0.2) is 24.3 Å². The van der Waals surface area contributed by atoms with E-state index in [0.717, 1.165) is 11.3 Å². The van der Waals surface area contributed by atoms with E-state index in [-0.39, 0.29) is 12.6 Å². The maximum atomic E-state index is 12.1. The molecule has 1 N–H and O–H groups in total. The Kier molecular flexibility index (Phi) is 3.74. The van der Waals surface area contributed by atoms with E-state index in [2.05, 4.69) is 0 Å². The van der Waals surface area contributed by atoms with Gasteiger partial charge in [-0.2, -0.15) is 0 Å². The molecule has 2 rings (SSSR count). The zero-order valence-corrected chi connectivity index (χ0v) is 11.0. The number of carbonyl (C=O) groups is 2. The minimum atomic E-state index is -0.892. The fraction of sp³-hybridized carbons (Fsp3) is 0.429. The third kappa shape index (κ3) is 2.86. The first kappa shape index (κ1) is 13.4. The second kappa shape index (κ2) is 5.30. The van der Waals surface area contributed by atoms with Crippen LogP contribution < -0.4 is 4.90 Å². The number of rotatable bonds is 2. The lowest BCUT2D eigenvalue weighted by Crippen LogP contribution is -2.43. The summed E-state index contributed by atoms with van der Waals surface area (Å²) in [5.74, 6) is -1.48. The normalized spacial score (nSPS) is 18.1. The Morgan fingerprint density at radius 1 is 1.37 bits per heavy atom. The molecular weight excluding hydrogens is 246 g/mol. The molecule has 1 aliphatic rings. The molecular formula is C14H17NO4. The van der Waals surface area contributed by atoms with Gasteiger partial charge in [-0.3, -0.25) is 9.69 Å². The summed E-state index contributed by atoms with van der Waals surface area (Å²) in [6, 6.07) is 7.33. The van der Waals surface area contributed by atoms with Crippen molar-refractivity contribution in [3.8, 4) is 0 Å². The van der Waals surface area contributed by atoms with Gasteiger partial charge < -0.3 is 9.84 Å². The Morgan fingerprint density at radius 2 is 2.05 bits per heavy atom. The molecule has 0 saturated heterocycles. The number of carboxylic acids is 1. The van der Waals surface area contributed by atoms with Crippen molar-refractivity contribution in [1.82, 2.24) is 0 Å². The number of nitrogens with zero attached hydrogens (tertiary/aromatic N) is 1. The second-order valence-electron chi connectivity index (χ2n) is 4.91. The first-order chi connectivity index (χ1) is 8.99. The lowest BCUT2D eigenvalue weighted by molar-refractivity contribution is -0.141. The number of amides is 1. The smallest absolute Gasteiger partial charge is 0.414 e. The molecule has 1 unspecified atom stereocenters. The SMILES string of the molecule is CC(C)OC(=O)N1CC(C(=O)O)Cc2ccccc21. The van der Waals surface area contributed by atoms with Crippen molar-refractivity contribution < 1.29 is 19.4 Å². The van der Waals surface area contributed by atoms with E-state index in [1.807, 2.05) is 24.3 Å². The fourth-order valence-corrected chi connectivity index (χ4v) is 2.20. The molecule has 5 nitrogen and oxygen atoms in total. The third-order valence-electron chi connectivity index (χ3n) is 3.06. The highest BCUT2D eigenvalue weighted by atomic mass is 16.6. The molecule has 0 aliphatic carbocycles. The number of hydrogen-bond acceptors (Lipinski definition) is 3. The molecule has 102 valence electrons. The summed E-state index contributed by atoms with van der Waals surface area (Å²) in [6.45, 7) is 3.68. The van der Waals surface area contributed by atoms with E-state index >= 15 is 0 Å². The minimum absolute atomic E-state index is 0.151. The molecule has 0 aromatic heterocycles. The highest BCUT2D eigenvalue weighted by molar-refractivity contribution is 5.91. The molecule has 1 atom stereocenters. The van der Waals surface area contributed by atoms with Crippen LogP contribution in [0.3, 0.4) is 0 Å². The summed E-state index contributed by atoms with van der Waals surface area (Å²) < 4.78 is 5.17. The molecule has 1 aromatic carbocycles.